The number of rotatable bonds is 24. The zero-order chi connectivity index (χ0) is 53.8. The van der Waals surface area contributed by atoms with Gasteiger partial charge in [-0.05, 0) is 64.4 Å². The maximum atomic E-state index is 11.5. The number of Topliss-reactive ketones (excluding diaryl/α,β-unsaturated/α-hetero) is 2. The molecule has 2 amide bonds. The number of nitrogens with zero attached hydrogens (tertiary/aromatic N) is 10. The Kier molecular flexibility index (Phi) is 47.0. The van der Waals surface area contributed by atoms with Crippen molar-refractivity contribution in [2.75, 3.05) is 79.0 Å². The van der Waals surface area contributed by atoms with Gasteiger partial charge in [-0.3, -0.25) is 39.1 Å². The zero-order valence-corrected chi connectivity index (χ0v) is 42.6. The fourth-order valence-corrected chi connectivity index (χ4v) is 5.27. The van der Waals surface area contributed by atoms with Crippen LogP contribution in [0.4, 0.5) is 0 Å². The molecule has 3 unspecified atom stereocenters. The Morgan fingerprint density at radius 3 is 1.47 bits per heavy atom. The number of imide groups is 1. The summed E-state index contributed by atoms with van der Waals surface area (Å²) >= 11 is 0. The molecule has 0 aromatic carbocycles. The van der Waals surface area contributed by atoms with Gasteiger partial charge < -0.3 is 64.8 Å². The third kappa shape index (κ3) is 66.0. The number of hydrogen-bond acceptors (Lipinski definition) is 22. The molecule has 1 fully saturated rings. The lowest BCUT2D eigenvalue weighted by atomic mass is 10.2. The second kappa shape index (κ2) is 44.0. The Morgan fingerprint density at radius 1 is 0.765 bits per heavy atom. The molecular formula is C33H65N16O15P4-5. The monoisotopic (exact) mass is 1050 g/mol. The average molecular weight is 1050 g/mol. The van der Waals surface area contributed by atoms with Crippen LogP contribution in [0.2, 0.25) is 0 Å². The van der Waals surface area contributed by atoms with Gasteiger partial charge in [-0.2, -0.15) is 0 Å². The summed E-state index contributed by atoms with van der Waals surface area (Å²) in [5, 5.41) is 21.4. The van der Waals surface area contributed by atoms with Crippen molar-refractivity contribution in [1.82, 2.24) is 35.3 Å². The number of azide groups is 2. The lowest BCUT2D eigenvalue weighted by Crippen LogP contribution is -2.32. The van der Waals surface area contributed by atoms with E-state index in [9.17, 15) is 52.3 Å². The molecule has 2 heterocycles. The van der Waals surface area contributed by atoms with Crippen LogP contribution >= 0.6 is 30.2 Å². The number of aryl methyl sites for hydroxylation is 2. The van der Waals surface area contributed by atoms with Crippen molar-refractivity contribution in [2.24, 2.45) is 27.4 Å². The number of carbonyl (C=O) groups is 5. The molecule has 35 heteroatoms. The van der Waals surface area contributed by atoms with Crippen LogP contribution in [0.3, 0.4) is 0 Å². The van der Waals surface area contributed by atoms with E-state index in [0.717, 1.165) is 25.7 Å². The highest BCUT2D eigenvalue weighted by Crippen LogP contribution is 2.23. The Bertz CT molecular complexity index is 1910. The highest BCUT2D eigenvalue weighted by Gasteiger charge is 2.32. The van der Waals surface area contributed by atoms with E-state index in [1.807, 2.05) is 6.92 Å². The molecule has 31 nitrogen and oxygen atoms in total. The Morgan fingerprint density at radius 2 is 1.15 bits per heavy atom. The number of ketones is 2. The summed E-state index contributed by atoms with van der Waals surface area (Å²) in [5.74, 6) is 0.489. The van der Waals surface area contributed by atoms with Crippen LogP contribution in [0.25, 0.3) is 20.9 Å². The van der Waals surface area contributed by atoms with Gasteiger partial charge in [-0.15, -0.1) is 22.5 Å². The first-order valence-electron chi connectivity index (χ1n) is 19.9. The van der Waals surface area contributed by atoms with Crippen LogP contribution in [0.15, 0.2) is 16.4 Å². The highest BCUT2D eigenvalue weighted by atomic mass is 31.2. The lowest BCUT2D eigenvalue weighted by molar-refractivity contribution is -0.311. The van der Waals surface area contributed by atoms with E-state index in [0.29, 0.717) is 83.1 Å². The third-order valence-corrected chi connectivity index (χ3v) is 8.67. The second-order valence-corrected chi connectivity index (χ2v) is 20.9. The van der Waals surface area contributed by atoms with Crippen molar-refractivity contribution in [3.63, 3.8) is 0 Å². The molecule has 68 heavy (non-hydrogen) atoms. The van der Waals surface area contributed by atoms with Crippen LogP contribution in [0.5, 0.6) is 0 Å². The van der Waals surface area contributed by atoms with Gasteiger partial charge in [-0.25, -0.2) is 4.79 Å². The number of hydroxylamine groups is 2. The molecule has 3 atom stereocenters. The normalized spacial score (nSPS) is 13.8. The molecule has 1 aromatic rings. The second-order valence-electron chi connectivity index (χ2n) is 13.3. The van der Waals surface area contributed by atoms with E-state index >= 15 is 0 Å². The Hall–Kier alpha value is -4.25. The van der Waals surface area contributed by atoms with Gasteiger partial charge in [0.25, 0.3) is 11.8 Å². The van der Waals surface area contributed by atoms with Gasteiger partial charge in [0, 0.05) is 113 Å². The van der Waals surface area contributed by atoms with Crippen molar-refractivity contribution in [3.05, 3.63) is 32.8 Å². The smallest absolute Gasteiger partial charge is 0.333 e. The highest BCUT2D eigenvalue weighted by molar-refractivity contribution is 7.54. The van der Waals surface area contributed by atoms with Crippen LogP contribution in [0, 0.1) is 19.3 Å². The van der Waals surface area contributed by atoms with Crippen molar-refractivity contribution >= 4 is 59.5 Å². The molecule has 0 aliphatic carbocycles. The van der Waals surface area contributed by atoms with Crippen molar-refractivity contribution in [2.45, 2.75) is 78.2 Å². The van der Waals surface area contributed by atoms with Gasteiger partial charge >= 0.3 is 5.97 Å². The van der Waals surface area contributed by atoms with E-state index in [1.54, 1.807) is 17.8 Å². The summed E-state index contributed by atoms with van der Waals surface area (Å²) in [7, 11) is -14.3. The lowest BCUT2D eigenvalue weighted by Gasteiger charge is -2.22. The minimum absolute atomic E-state index is 0.0268. The Balaban J connectivity index is -0.000000245. The van der Waals surface area contributed by atoms with Crippen molar-refractivity contribution < 1.29 is 71.5 Å². The van der Waals surface area contributed by atoms with E-state index in [1.165, 1.54) is 0 Å². The SMILES string of the molecule is C#CC.CP(=O)([O-])NCCCC(=O)CCN=[N+]=[N-].CP(=O)([O-])NCCN.CP(=O)([O-])[O-].Cc1cn(CCC(=O)CCCNP(C)(=O)[O-])nn1.NCCN.[N-]=[N+]=NCCC(=O)ON1C(=O)CCC1=O. The summed E-state index contributed by atoms with van der Waals surface area (Å²) in [6.45, 7) is 10.5. The van der Waals surface area contributed by atoms with Crippen LogP contribution in [0.1, 0.15) is 70.4 Å². The fourth-order valence-electron chi connectivity index (χ4n) is 3.61. The molecular weight excluding hydrogens is 984 g/mol. The first-order chi connectivity index (χ1) is 31.4. The van der Waals surface area contributed by atoms with E-state index in [4.69, 9.17) is 42.6 Å². The third-order valence-electron chi connectivity index (χ3n) is 6.28. The van der Waals surface area contributed by atoms with Gasteiger partial charge in [0.15, 0.2) is 0 Å². The van der Waals surface area contributed by atoms with E-state index in [-0.39, 0.29) is 56.9 Å². The van der Waals surface area contributed by atoms with Crippen LogP contribution in [-0.4, -0.2) is 128 Å². The molecule has 9 N–H and O–H groups in total. The first kappa shape index (κ1) is 72.7. The molecule has 392 valence electrons. The van der Waals surface area contributed by atoms with Gasteiger partial charge in [0.05, 0.1) is 34.7 Å². The largest absolute Gasteiger partial charge is 0.811 e. The van der Waals surface area contributed by atoms with Crippen molar-refractivity contribution in [3.8, 4) is 12.3 Å². The molecule has 2 rings (SSSR count). The number of amides is 2. The number of carbonyl (C=O) groups excluding carboxylic acids is 5. The zero-order valence-electron chi connectivity index (χ0n) is 39.0. The van der Waals surface area contributed by atoms with Gasteiger partial charge in [0.1, 0.15) is 11.6 Å². The molecule has 0 spiro atoms. The topological polar surface area (TPSA) is 524 Å². The minimum atomic E-state index is -4.14. The van der Waals surface area contributed by atoms with Crippen LogP contribution < -0.4 is 56.9 Å². The van der Waals surface area contributed by atoms with E-state index in [2.05, 4.69) is 62.8 Å². The molecule has 1 aromatic heterocycles. The quantitative estimate of drug-likeness (QED) is 0.0124. The van der Waals surface area contributed by atoms with E-state index < -0.39 is 47.9 Å². The summed E-state index contributed by atoms with van der Waals surface area (Å²) < 4.78 is 42.4. The number of nitrogens with two attached hydrogens (primary N) is 3. The fraction of sp³-hybridized carbons (Fsp3) is 0.727. The summed E-state index contributed by atoms with van der Waals surface area (Å²) in [4.78, 5) is 115. The number of nitrogens with one attached hydrogen (secondary N) is 3. The molecule has 0 saturated carbocycles. The predicted molar refractivity (Wildman–Crippen MR) is 242 cm³/mol. The maximum absolute atomic E-state index is 11.5. The maximum Gasteiger partial charge on any atom is 0.333 e. The summed E-state index contributed by atoms with van der Waals surface area (Å²) in [5.41, 5.74) is 31.5. The molecule has 1 saturated heterocycles. The van der Waals surface area contributed by atoms with Crippen molar-refractivity contribution in [1.29, 1.82) is 0 Å². The summed E-state index contributed by atoms with van der Waals surface area (Å²) in [6.07, 6.45) is 8.60. The van der Waals surface area contributed by atoms with Gasteiger partial charge in [-0.1, -0.05) is 23.0 Å². The molecule has 0 radical (unpaired) electrons. The number of terminal acetylenes is 1. The standard InChI is InChI=1S/C10H19N4O3P.C7H8N4O4.C7H15N4O3P.C3H11N2O2P.C3H4.C2H8N2.CH5O3P/c1-9-8-14(13-12-9)7-5-10(15)4-3-6-11-18(2,16)17;8-10-9-4-3-7(14)15-11-5(12)1-2-6(11)13;1-15(13,14)10-5-2-3-7(12)4-6-9-11-8;1-8(6,7)5-3-2-4;1-3-2;3-1-2-4;1-5(2,3)4/h8H,3-7H2,1-2H3,(H2,11,16,17);1-4H2;2-6H2,1H3,(H2,10,13,14);2-4H2,1H3,(H2,5,6,7);1H,2H3;1-4H2;1H3,(H2,2,3,4)/p-5. The molecule has 1 aliphatic heterocycles. The minimum Gasteiger partial charge on any atom is -0.811 e. The average Bonchev–Trinajstić information content (AvgIpc) is 3.78. The molecule has 0 bridgehead atoms. The number of aromatic nitrogens is 3. The first-order valence-corrected chi connectivity index (χ1v) is 28.1. The summed E-state index contributed by atoms with van der Waals surface area (Å²) in [6, 6.07) is 0. The molecule has 1 aliphatic rings. The Labute approximate surface area is 395 Å². The van der Waals surface area contributed by atoms with Crippen LogP contribution in [-0.2, 0) is 53.6 Å². The predicted octanol–water partition coefficient (Wildman–Crippen LogP) is -2.01. The number of hydrogen-bond donors (Lipinski definition) is 6. The van der Waals surface area contributed by atoms with Gasteiger partial charge in [0.2, 0.25) is 0 Å².